The van der Waals surface area contributed by atoms with E-state index in [1.54, 1.807) is 6.07 Å². The molecule has 4 nitrogen and oxygen atoms in total. The molecule has 1 aromatic carbocycles. The topological polar surface area (TPSA) is 44.4 Å². The summed E-state index contributed by atoms with van der Waals surface area (Å²) >= 11 is 6.04. The van der Waals surface area contributed by atoms with E-state index in [4.69, 9.17) is 11.6 Å². The molecule has 2 N–H and O–H groups in total. The van der Waals surface area contributed by atoms with Gasteiger partial charge in [-0.15, -0.1) is 0 Å². The molecule has 2 rings (SSSR count). The molecule has 1 unspecified atom stereocenters. The molecule has 0 aromatic heterocycles. The number of carbonyl (C=O) groups is 1. The normalized spacial score (nSPS) is 22.4. The molecule has 0 aliphatic carbocycles. The summed E-state index contributed by atoms with van der Waals surface area (Å²) in [5.74, 6) is 0.00238. The second-order valence-electron chi connectivity index (χ2n) is 5.73. The van der Waals surface area contributed by atoms with Crippen molar-refractivity contribution in [3.05, 3.63) is 23.2 Å². The highest BCUT2D eigenvalue weighted by molar-refractivity contribution is 6.31. The molecule has 1 amide bonds. The Labute approximate surface area is 125 Å². The lowest BCUT2D eigenvalue weighted by Crippen LogP contribution is -2.54. The minimum atomic E-state index is -0.496. The van der Waals surface area contributed by atoms with Gasteiger partial charge in [-0.2, -0.15) is 0 Å². The molecule has 1 fully saturated rings. The lowest BCUT2D eigenvalue weighted by atomic mass is 9.90. The molecular weight excluding hydrogens is 274 g/mol. The van der Waals surface area contributed by atoms with Crippen LogP contribution in [0.2, 0.25) is 5.02 Å². The fraction of sp³-hybridized carbons (Fsp3) is 0.533. The minimum Gasteiger partial charge on any atom is -0.376 e. The average molecular weight is 296 g/mol. The zero-order valence-electron chi connectivity index (χ0n) is 12.3. The average Bonchev–Trinajstić information content (AvgIpc) is 2.39. The lowest BCUT2D eigenvalue weighted by molar-refractivity contribution is -0.122. The predicted octanol–water partition coefficient (Wildman–Crippen LogP) is 2.88. The van der Waals surface area contributed by atoms with Crippen LogP contribution in [0.25, 0.3) is 0 Å². The van der Waals surface area contributed by atoms with Crippen molar-refractivity contribution in [2.24, 2.45) is 0 Å². The van der Waals surface area contributed by atoms with E-state index in [0.29, 0.717) is 5.02 Å². The predicted molar refractivity (Wildman–Crippen MR) is 84.7 cm³/mol. The molecule has 1 aliphatic rings. The first-order valence-corrected chi connectivity index (χ1v) is 7.33. The second-order valence-corrected chi connectivity index (χ2v) is 6.16. The lowest BCUT2D eigenvalue weighted by Gasteiger charge is -2.34. The van der Waals surface area contributed by atoms with Gasteiger partial charge in [-0.05, 0) is 50.9 Å². The largest absolute Gasteiger partial charge is 0.376 e. The highest BCUT2D eigenvalue weighted by atomic mass is 35.5. The summed E-state index contributed by atoms with van der Waals surface area (Å²) in [7, 11) is 3.89. The van der Waals surface area contributed by atoms with Crippen LogP contribution in [0, 0.1) is 0 Å². The van der Waals surface area contributed by atoms with Crippen LogP contribution >= 0.6 is 11.6 Å². The number of rotatable bonds is 3. The van der Waals surface area contributed by atoms with Gasteiger partial charge >= 0.3 is 0 Å². The molecule has 1 atom stereocenters. The summed E-state index contributed by atoms with van der Waals surface area (Å²) in [4.78, 5) is 14.5. The van der Waals surface area contributed by atoms with E-state index in [2.05, 4.69) is 10.6 Å². The van der Waals surface area contributed by atoms with Gasteiger partial charge in [0.15, 0.2) is 0 Å². The van der Waals surface area contributed by atoms with Crippen LogP contribution in [0.4, 0.5) is 11.4 Å². The Kier molecular flexibility index (Phi) is 4.55. The van der Waals surface area contributed by atoms with Crippen molar-refractivity contribution >= 4 is 28.9 Å². The Hall–Kier alpha value is -1.26. The molecule has 0 radical (unpaired) electrons. The molecule has 20 heavy (non-hydrogen) atoms. The SMILES string of the molecule is CN(C)c1ccc(Cl)cc1NC(=O)C1(C)CCCCN1. The summed E-state index contributed by atoms with van der Waals surface area (Å²) in [5.41, 5.74) is 1.20. The zero-order valence-corrected chi connectivity index (χ0v) is 13.0. The van der Waals surface area contributed by atoms with Gasteiger partial charge in [-0.25, -0.2) is 0 Å². The maximum atomic E-state index is 12.5. The number of amides is 1. The molecule has 0 saturated carbocycles. The van der Waals surface area contributed by atoms with Crippen LogP contribution < -0.4 is 15.5 Å². The standard InChI is InChI=1S/C15H22ClN3O/c1-15(8-4-5-9-17-15)14(20)18-12-10-11(16)6-7-13(12)19(2)3/h6-7,10,17H,4-5,8-9H2,1-3H3,(H,18,20). The van der Waals surface area contributed by atoms with Crippen LogP contribution in [0.15, 0.2) is 18.2 Å². The summed E-state index contributed by atoms with van der Waals surface area (Å²) in [6.45, 7) is 2.85. The molecule has 5 heteroatoms. The number of nitrogens with one attached hydrogen (secondary N) is 2. The maximum absolute atomic E-state index is 12.5. The first-order valence-electron chi connectivity index (χ1n) is 6.96. The third-order valence-corrected chi connectivity index (χ3v) is 4.04. The van der Waals surface area contributed by atoms with Crippen molar-refractivity contribution in [3.8, 4) is 0 Å². The van der Waals surface area contributed by atoms with Crippen molar-refractivity contribution < 1.29 is 4.79 Å². The third-order valence-electron chi connectivity index (χ3n) is 3.81. The number of benzene rings is 1. The van der Waals surface area contributed by atoms with E-state index in [9.17, 15) is 4.79 Å². The van der Waals surface area contributed by atoms with Gasteiger partial charge < -0.3 is 15.5 Å². The molecular formula is C15H22ClN3O. The number of hydrogen-bond acceptors (Lipinski definition) is 3. The van der Waals surface area contributed by atoms with Gasteiger partial charge in [0.1, 0.15) is 0 Å². The quantitative estimate of drug-likeness (QED) is 0.901. The van der Waals surface area contributed by atoms with E-state index in [-0.39, 0.29) is 5.91 Å². The highest BCUT2D eigenvalue weighted by Gasteiger charge is 2.34. The first kappa shape index (κ1) is 15.1. The van der Waals surface area contributed by atoms with Gasteiger partial charge in [0.2, 0.25) is 5.91 Å². The van der Waals surface area contributed by atoms with Crippen LogP contribution in [-0.4, -0.2) is 32.1 Å². The van der Waals surface area contributed by atoms with Gasteiger partial charge in [-0.1, -0.05) is 11.6 Å². The molecule has 1 aromatic rings. The van der Waals surface area contributed by atoms with Crippen molar-refractivity contribution in [3.63, 3.8) is 0 Å². The van der Waals surface area contributed by atoms with Crippen LogP contribution in [0.1, 0.15) is 26.2 Å². The molecule has 1 heterocycles. The Morgan fingerprint density at radius 1 is 1.40 bits per heavy atom. The summed E-state index contributed by atoms with van der Waals surface area (Å²) < 4.78 is 0. The van der Waals surface area contributed by atoms with E-state index < -0.39 is 5.54 Å². The fourth-order valence-corrected chi connectivity index (χ4v) is 2.68. The van der Waals surface area contributed by atoms with Gasteiger partial charge in [0, 0.05) is 19.1 Å². The molecule has 1 aliphatic heterocycles. The Morgan fingerprint density at radius 2 is 2.15 bits per heavy atom. The van der Waals surface area contributed by atoms with E-state index in [0.717, 1.165) is 37.2 Å². The van der Waals surface area contributed by atoms with Gasteiger partial charge in [-0.3, -0.25) is 4.79 Å². The maximum Gasteiger partial charge on any atom is 0.244 e. The summed E-state index contributed by atoms with van der Waals surface area (Å²) in [5, 5.41) is 6.95. The van der Waals surface area contributed by atoms with Crippen molar-refractivity contribution in [1.82, 2.24) is 5.32 Å². The Balaban J connectivity index is 2.20. The second kappa shape index (κ2) is 6.02. The minimum absolute atomic E-state index is 0.00238. The van der Waals surface area contributed by atoms with E-state index >= 15 is 0 Å². The monoisotopic (exact) mass is 295 g/mol. The highest BCUT2D eigenvalue weighted by Crippen LogP contribution is 2.29. The zero-order chi connectivity index (χ0) is 14.8. The summed E-state index contributed by atoms with van der Waals surface area (Å²) in [6.07, 6.45) is 3.06. The molecule has 0 spiro atoms. The molecule has 110 valence electrons. The number of nitrogens with zero attached hydrogens (tertiary/aromatic N) is 1. The Morgan fingerprint density at radius 3 is 2.75 bits per heavy atom. The van der Waals surface area contributed by atoms with E-state index in [1.165, 1.54) is 0 Å². The molecule has 1 saturated heterocycles. The van der Waals surface area contributed by atoms with E-state index in [1.807, 2.05) is 38.1 Å². The number of anilines is 2. The number of halogens is 1. The van der Waals surface area contributed by atoms with Crippen molar-refractivity contribution in [2.75, 3.05) is 30.9 Å². The van der Waals surface area contributed by atoms with Crippen molar-refractivity contribution in [2.45, 2.75) is 31.7 Å². The first-order chi connectivity index (χ1) is 9.42. The number of hydrogen-bond donors (Lipinski definition) is 2. The summed E-state index contributed by atoms with van der Waals surface area (Å²) in [6, 6.07) is 5.53. The third kappa shape index (κ3) is 3.25. The van der Waals surface area contributed by atoms with Crippen LogP contribution in [0.5, 0.6) is 0 Å². The fourth-order valence-electron chi connectivity index (χ4n) is 2.51. The molecule has 0 bridgehead atoms. The van der Waals surface area contributed by atoms with Crippen LogP contribution in [-0.2, 0) is 4.79 Å². The number of piperidine rings is 1. The Bertz CT molecular complexity index is 496. The van der Waals surface area contributed by atoms with Crippen molar-refractivity contribution in [1.29, 1.82) is 0 Å². The van der Waals surface area contributed by atoms with Gasteiger partial charge in [0.05, 0.1) is 16.9 Å². The van der Waals surface area contributed by atoms with Crippen LogP contribution in [0.3, 0.4) is 0 Å². The van der Waals surface area contributed by atoms with Gasteiger partial charge in [0.25, 0.3) is 0 Å². The smallest absolute Gasteiger partial charge is 0.244 e. The number of carbonyl (C=O) groups excluding carboxylic acids is 1.